The Balaban J connectivity index is 1.87. The Morgan fingerprint density at radius 3 is 3.00 bits per heavy atom. The van der Waals surface area contributed by atoms with Crippen LogP contribution < -0.4 is 5.32 Å². The highest BCUT2D eigenvalue weighted by atomic mass is 32.2. The van der Waals surface area contributed by atoms with E-state index in [0.29, 0.717) is 11.8 Å². The fourth-order valence-corrected chi connectivity index (χ4v) is 3.25. The predicted molar refractivity (Wildman–Crippen MR) is 70.3 cm³/mol. The van der Waals surface area contributed by atoms with Gasteiger partial charge >= 0.3 is 0 Å². The van der Waals surface area contributed by atoms with E-state index in [0.717, 1.165) is 12.1 Å². The van der Waals surface area contributed by atoms with Gasteiger partial charge in [0.25, 0.3) is 5.69 Å². The maximum absolute atomic E-state index is 10.8. The summed E-state index contributed by atoms with van der Waals surface area (Å²) in [6.07, 6.45) is 2.55. The summed E-state index contributed by atoms with van der Waals surface area (Å²) in [5.41, 5.74) is 0.972. The summed E-state index contributed by atoms with van der Waals surface area (Å²) in [5.74, 6) is 1.25. The first-order valence-corrected chi connectivity index (χ1v) is 6.87. The van der Waals surface area contributed by atoms with Crippen molar-refractivity contribution >= 4 is 17.4 Å². The number of hydrogen-bond acceptors (Lipinski definition) is 4. The number of rotatable bonds is 5. The lowest BCUT2D eigenvalue weighted by molar-refractivity contribution is -0.385. The minimum Gasteiger partial charge on any atom is -0.311 e. The van der Waals surface area contributed by atoms with Crippen LogP contribution >= 0.6 is 11.8 Å². The molecule has 4 nitrogen and oxygen atoms in total. The van der Waals surface area contributed by atoms with E-state index in [1.165, 1.54) is 18.6 Å². The number of nitrogens with one attached hydrogen (secondary N) is 1. The predicted octanol–water partition coefficient (Wildman–Crippen LogP) is 2.58. The molecule has 1 aliphatic rings. The second-order valence-corrected chi connectivity index (χ2v) is 5.56. The number of hydrogen-bond donors (Lipinski definition) is 1. The quantitative estimate of drug-likeness (QED) is 0.646. The van der Waals surface area contributed by atoms with E-state index >= 15 is 0 Å². The number of nitro groups is 1. The van der Waals surface area contributed by atoms with Crippen molar-refractivity contribution in [2.45, 2.75) is 24.6 Å². The normalized spacial score (nSPS) is 19.4. The molecule has 1 atom stereocenters. The topological polar surface area (TPSA) is 55.2 Å². The zero-order valence-electron chi connectivity index (χ0n) is 9.59. The summed E-state index contributed by atoms with van der Waals surface area (Å²) in [7, 11) is 0. The summed E-state index contributed by atoms with van der Waals surface area (Å²) in [5, 5.41) is 14.8. The molecule has 1 fully saturated rings. The lowest BCUT2D eigenvalue weighted by Crippen LogP contribution is -2.23. The highest BCUT2D eigenvalue weighted by Gasteiger charge is 2.16. The minimum atomic E-state index is -0.318. The molecular weight excluding hydrogens is 236 g/mol. The Bertz CT molecular complexity index is 392. The molecule has 1 aliphatic heterocycles. The molecule has 1 aromatic carbocycles. The van der Waals surface area contributed by atoms with Crippen LogP contribution in [0.3, 0.4) is 0 Å². The third-order valence-corrected chi connectivity index (χ3v) is 4.30. The molecule has 0 spiro atoms. The summed E-state index contributed by atoms with van der Waals surface area (Å²) < 4.78 is 0. The van der Waals surface area contributed by atoms with E-state index in [9.17, 15) is 10.1 Å². The van der Waals surface area contributed by atoms with Crippen LogP contribution in [0.5, 0.6) is 0 Å². The molecule has 1 unspecified atom stereocenters. The lowest BCUT2D eigenvalue weighted by Gasteiger charge is -2.10. The van der Waals surface area contributed by atoms with E-state index in [1.807, 2.05) is 23.9 Å². The summed E-state index contributed by atoms with van der Waals surface area (Å²) in [4.78, 5) is 10.5. The second-order valence-electron chi connectivity index (χ2n) is 4.15. The molecule has 2 rings (SSSR count). The molecule has 0 saturated carbocycles. The highest BCUT2D eigenvalue weighted by Crippen LogP contribution is 2.25. The van der Waals surface area contributed by atoms with E-state index < -0.39 is 0 Å². The SMILES string of the molecule is O=[N+]([O-])c1ccccc1CNCC1CCCS1. The Morgan fingerprint density at radius 2 is 2.29 bits per heavy atom. The van der Waals surface area contributed by atoms with Crippen LogP contribution in [0.2, 0.25) is 0 Å². The van der Waals surface area contributed by atoms with Crippen molar-refractivity contribution in [1.29, 1.82) is 0 Å². The van der Waals surface area contributed by atoms with Gasteiger partial charge in [0.05, 0.1) is 4.92 Å². The minimum absolute atomic E-state index is 0.207. The second kappa shape index (κ2) is 6.02. The zero-order chi connectivity index (χ0) is 12.1. The summed E-state index contributed by atoms with van der Waals surface area (Å²) in [6.45, 7) is 1.52. The van der Waals surface area contributed by atoms with Gasteiger partial charge < -0.3 is 5.32 Å². The molecule has 92 valence electrons. The molecule has 0 aromatic heterocycles. The van der Waals surface area contributed by atoms with Gasteiger partial charge in [-0.25, -0.2) is 0 Å². The van der Waals surface area contributed by atoms with Gasteiger partial charge in [0.1, 0.15) is 0 Å². The van der Waals surface area contributed by atoms with Gasteiger partial charge in [-0.3, -0.25) is 10.1 Å². The van der Waals surface area contributed by atoms with Crippen LogP contribution in [-0.2, 0) is 6.54 Å². The van der Waals surface area contributed by atoms with Crippen molar-refractivity contribution < 1.29 is 4.92 Å². The lowest BCUT2D eigenvalue weighted by atomic mass is 10.2. The maximum Gasteiger partial charge on any atom is 0.273 e. The molecule has 1 heterocycles. The van der Waals surface area contributed by atoms with Gasteiger partial charge in [0.15, 0.2) is 0 Å². The van der Waals surface area contributed by atoms with Gasteiger partial charge in [-0.05, 0) is 18.6 Å². The highest BCUT2D eigenvalue weighted by molar-refractivity contribution is 8.00. The smallest absolute Gasteiger partial charge is 0.273 e. The van der Waals surface area contributed by atoms with Crippen LogP contribution in [-0.4, -0.2) is 22.5 Å². The van der Waals surface area contributed by atoms with E-state index in [4.69, 9.17) is 0 Å². The van der Waals surface area contributed by atoms with Gasteiger partial charge in [-0.1, -0.05) is 18.2 Å². The van der Waals surface area contributed by atoms with Crippen LogP contribution in [0.1, 0.15) is 18.4 Å². The summed E-state index contributed by atoms with van der Waals surface area (Å²) >= 11 is 1.99. The van der Waals surface area contributed by atoms with Crippen molar-refractivity contribution in [3.63, 3.8) is 0 Å². The molecule has 1 saturated heterocycles. The number of nitrogens with zero attached hydrogens (tertiary/aromatic N) is 1. The van der Waals surface area contributed by atoms with Crippen LogP contribution in [0.25, 0.3) is 0 Å². The van der Waals surface area contributed by atoms with Crippen LogP contribution in [0.4, 0.5) is 5.69 Å². The molecule has 0 aliphatic carbocycles. The van der Waals surface area contributed by atoms with Crippen LogP contribution in [0.15, 0.2) is 24.3 Å². The van der Waals surface area contributed by atoms with E-state index in [-0.39, 0.29) is 10.6 Å². The summed E-state index contributed by atoms with van der Waals surface area (Å²) in [6, 6.07) is 6.91. The molecular formula is C12H16N2O2S. The van der Waals surface area contributed by atoms with Crippen molar-refractivity contribution in [2.24, 2.45) is 0 Å². The standard InChI is InChI=1S/C12H16N2O2S/c15-14(16)12-6-2-1-4-10(12)8-13-9-11-5-3-7-17-11/h1-2,4,6,11,13H,3,5,7-9H2. The van der Waals surface area contributed by atoms with Crippen molar-refractivity contribution in [2.75, 3.05) is 12.3 Å². The van der Waals surface area contributed by atoms with Crippen molar-refractivity contribution in [3.8, 4) is 0 Å². The maximum atomic E-state index is 10.8. The van der Waals surface area contributed by atoms with Crippen molar-refractivity contribution in [3.05, 3.63) is 39.9 Å². The number of nitro benzene ring substituents is 1. The van der Waals surface area contributed by atoms with Gasteiger partial charge in [0.2, 0.25) is 0 Å². The first kappa shape index (κ1) is 12.4. The van der Waals surface area contributed by atoms with Gasteiger partial charge in [0, 0.05) is 30.0 Å². The molecule has 0 radical (unpaired) electrons. The Kier molecular flexibility index (Phi) is 4.39. The number of thioether (sulfide) groups is 1. The van der Waals surface area contributed by atoms with Crippen LogP contribution in [0, 0.1) is 10.1 Å². The van der Waals surface area contributed by atoms with E-state index in [2.05, 4.69) is 5.32 Å². The third kappa shape index (κ3) is 3.44. The fourth-order valence-electron chi connectivity index (χ4n) is 2.01. The molecule has 5 heteroatoms. The monoisotopic (exact) mass is 252 g/mol. The van der Waals surface area contributed by atoms with Crippen molar-refractivity contribution in [1.82, 2.24) is 5.32 Å². The molecule has 1 N–H and O–H groups in total. The molecule has 1 aromatic rings. The zero-order valence-corrected chi connectivity index (χ0v) is 10.4. The number of para-hydroxylation sites is 1. The largest absolute Gasteiger partial charge is 0.311 e. The Hall–Kier alpha value is -1.07. The first-order valence-electron chi connectivity index (χ1n) is 5.82. The molecule has 17 heavy (non-hydrogen) atoms. The third-order valence-electron chi connectivity index (χ3n) is 2.90. The first-order chi connectivity index (χ1) is 8.27. The Labute approximate surface area is 105 Å². The Morgan fingerprint density at radius 1 is 1.47 bits per heavy atom. The van der Waals surface area contributed by atoms with Gasteiger partial charge in [-0.2, -0.15) is 11.8 Å². The number of benzene rings is 1. The average Bonchev–Trinajstić information content (AvgIpc) is 2.82. The van der Waals surface area contributed by atoms with E-state index in [1.54, 1.807) is 12.1 Å². The molecule has 0 bridgehead atoms. The average molecular weight is 252 g/mol. The fraction of sp³-hybridized carbons (Fsp3) is 0.500. The molecule has 0 amide bonds. The van der Waals surface area contributed by atoms with Gasteiger partial charge in [-0.15, -0.1) is 0 Å².